The molecule has 1 aromatic carbocycles. The quantitative estimate of drug-likeness (QED) is 0.756. The molecule has 0 heterocycles. The number of hydrogen-bond acceptors (Lipinski definition) is 2. The predicted octanol–water partition coefficient (Wildman–Crippen LogP) is 4.70. The monoisotopic (exact) mass is 370 g/mol. The molecule has 136 valence electrons. The van der Waals surface area contributed by atoms with Crippen LogP contribution in [0.3, 0.4) is 0 Å². The van der Waals surface area contributed by atoms with Gasteiger partial charge in [-0.25, -0.2) is 0 Å². The maximum Gasteiger partial charge on any atom is 0.573 e. The Balaban J connectivity index is 1.33. The molecular weight excluding hydrogens is 349 g/mol. The minimum absolute atomic E-state index is 0.238. The van der Waals surface area contributed by atoms with Crippen molar-refractivity contribution in [3.8, 4) is 5.75 Å². The van der Waals surface area contributed by atoms with Crippen molar-refractivity contribution < 1.29 is 17.9 Å². The Kier molecular flexibility index (Phi) is 4.30. The predicted molar refractivity (Wildman–Crippen MR) is 93.3 cm³/mol. The van der Waals surface area contributed by atoms with E-state index in [2.05, 4.69) is 15.4 Å². The number of alkyl halides is 3. The lowest BCUT2D eigenvalue weighted by Gasteiger charge is -2.54. The lowest BCUT2D eigenvalue weighted by molar-refractivity contribution is -0.274. The van der Waals surface area contributed by atoms with Crippen molar-refractivity contribution in [2.24, 2.45) is 23.7 Å². The molecule has 7 heteroatoms. The topological polar surface area (TPSA) is 33.3 Å². The number of nitrogens with one attached hydrogen (secondary N) is 2. The molecule has 4 bridgehead atoms. The molecule has 0 aromatic heterocycles. The molecule has 25 heavy (non-hydrogen) atoms. The third kappa shape index (κ3) is 3.86. The smallest absolute Gasteiger partial charge is 0.406 e. The van der Waals surface area contributed by atoms with Crippen LogP contribution < -0.4 is 15.4 Å². The summed E-state index contributed by atoms with van der Waals surface area (Å²) >= 11 is 5.42. The van der Waals surface area contributed by atoms with Crippen LogP contribution >= 0.6 is 12.2 Å². The average Bonchev–Trinajstić information content (AvgIpc) is 2.51. The Morgan fingerprint density at radius 1 is 0.960 bits per heavy atom. The number of ether oxygens (including phenoxy) is 1. The Labute approximate surface area is 150 Å². The zero-order valence-electron chi connectivity index (χ0n) is 13.7. The third-order valence-electron chi connectivity index (χ3n) is 5.87. The van der Waals surface area contributed by atoms with Crippen molar-refractivity contribution in [3.05, 3.63) is 24.3 Å². The Morgan fingerprint density at radius 3 is 2.04 bits per heavy atom. The standard InChI is InChI=1S/C18H21F3N2OS/c19-18(20,21)24-15-3-1-14(2-4-15)22-17(25)23-16-12-6-10-5-11(8-12)9-13(16)7-10/h1-4,10-13,16H,5-9H2,(H2,22,23,25). The minimum Gasteiger partial charge on any atom is -0.406 e. The van der Waals surface area contributed by atoms with Gasteiger partial charge < -0.3 is 15.4 Å². The molecule has 0 unspecified atom stereocenters. The first kappa shape index (κ1) is 16.9. The zero-order chi connectivity index (χ0) is 17.6. The van der Waals surface area contributed by atoms with Crippen molar-refractivity contribution in [2.45, 2.75) is 44.5 Å². The van der Waals surface area contributed by atoms with Crippen LogP contribution in [0.1, 0.15) is 32.1 Å². The van der Waals surface area contributed by atoms with E-state index in [0.29, 0.717) is 28.7 Å². The maximum absolute atomic E-state index is 12.2. The van der Waals surface area contributed by atoms with E-state index < -0.39 is 6.36 Å². The Hall–Kier alpha value is -1.50. The van der Waals surface area contributed by atoms with Crippen molar-refractivity contribution in [2.75, 3.05) is 5.32 Å². The van der Waals surface area contributed by atoms with E-state index in [9.17, 15) is 13.2 Å². The van der Waals surface area contributed by atoms with Crippen LogP contribution in [0.2, 0.25) is 0 Å². The molecule has 0 saturated heterocycles. The van der Waals surface area contributed by atoms with E-state index in [1.807, 2.05) is 0 Å². The summed E-state index contributed by atoms with van der Waals surface area (Å²) in [6.45, 7) is 0. The van der Waals surface area contributed by atoms with Gasteiger partial charge in [-0.05, 0) is 92.3 Å². The van der Waals surface area contributed by atoms with Crippen LogP contribution in [0.25, 0.3) is 0 Å². The fraction of sp³-hybridized carbons (Fsp3) is 0.611. The fourth-order valence-corrected chi connectivity index (χ4v) is 5.47. The van der Waals surface area contributed by atoms with Gasteiger partial charge in [-0.1, -0.05) is 0 Å². The van der Waals surface area contributed by atoms with E-state index in [0.717, 1.165) is 11.8 Å². The van der Waals surface area contributed by atoms with Gasteiger partial charge in [0, 0.05) is 11.7 Å². The molecule has 4 aliphatic rings. The van der Waals surface area contributed by atoms with Gasteiger partial charge in [0.25, 0.3) is 0 Å². The van der Waals surface area contributed by atoms with Gasteiger partial charge in [-0.15, -0.1) is 13.2 Å². The highest BCUT2D eigenvalue weighted by atomic mass is 32.1. The molecule has 0 aliphatic heterocycles. The summed E-state index contributed by atoms with van der Waals surface area (Å²) in [5, 5.41) is 7.09. The molecule has 5 rings (SSSR count). The second-order valence-electron chi connectivity index (χ2n) is 7.63. The van der Waals surface area contributed by atoms with E-state index in [-0.39, 0.29) is 5.75 Å². The van der Waals surface area contributed by atoms with Crippen LogP contribution in [0, 0.1) is 23.7 Å². The molecule has 0 radical (unpaired) electrons. The van der Waals surface area contributed by atoms with Crippen LogP contribution in [-0.2, 0) is 0 Å². The molecule has 0 atom stereocenters. The van der Waals surface area contributed by atoms with Crippen LogP contribution in [0.5, 0.6) is 5.75 Å². The Bertz CT molecular complexity index is 619. The van der Waals surface area contributed by atoms with Crippen molar-refractivity contribution >= 4 is 23.0 Å². The second kappa shape index (κ2) is 6.34. The number of halogens is 3. The summed E-state index contributed by atoms with van der Waals surface area (Å²) in [7, 11) is 0. The molecule has 4 saturated carbocycles. The average molecular weight is 370 g/mol. The number of hydrogen-bond donors (Lipinski definition) is 2. The van der Waals surface area contributed by atoms with Crippen molar-refractivity contribution in [1.29, 1.82) is 0 Å². The zero-order valence-corrected chi connectivity index (χ0v) is 14.5. The third-order valence-corrected chi connectivity index (χ3v) is 6.09. The lowest BCUT2D eigenvalue weighted by atomic mass is 9.54. The molecule has 4 fully saturated rings. The fourth-order valence-electron chi connectivity index (χ4n) is 5.22. The highest BCUT2D eigenvalue weighted by Crippen LogP contribution is 2.53. The van der Waals surface area contributed by atoms with Gasteiger partial charge in [0.15, 0.2) is 5.11 Å². The molecule has 0 amide bonds. The molecule has 3 nitrogen and oxygen atoms in total. The Morgan fingerprint density at radius 2 is 1.52 bits per heavy atom. The van der Waals surface area contributed by atoms with Crippen molar-refractivity contribution in [1.82, 2.24) is 5.32 Å². The maximum atomic E-state index is 12.2. The summed E-state index contributed by atoms with van der Waals surface area (Å²) in [5.41, 5.74) is 0.649. The largest absolute Gasteiger partial charge is 0.573 e. The molecular formula is C18H21F3N2OS. The van der Waals surface area contributed by atoms with Gasteiger partial charge in [-0.2, -0.15) is 0 Å². The number of thiocarbonyl (C=S) groups is 1. The van der Waals surface area contributed by atoms with Gasteiger partial charge in [0.2, 0.25) is 0 Å². The SMILES string of the molecule is FC(F)(F)Oc1ccc(NC(=S)NC2C3CC4CC(C3)CC2C4)cc1. The van der Waals surface area contributed by atoms with Gasteiger partial charge >= 0.3 is 6.36 Å². The van der Waals surface area contributed by atoms with E-state index in [1.165, 1.54) is 56.4 Å². The van der Waals surface area contributed by atoms with Gasteiger partial charge in [0.1, 0.15) is 5.75 Å². The van der Waals surface area contributed by atoms with Crippen LogP contribution in [-0.4, -0.2) is 17.5 Å². The molecule has 2 N–H and O–H groups in total. The summed E-state index contributed by atoms with van der Waals surface area (Å²) in [6, 6.07) is 6.06. The summed E-state index contributed by atoms with van der Waals surface area (Å²) in [5.74, 6) is 2.99. The first-order valence-corrected chi connectivity index (χ1v) is 9.20. The normalized spacial score (nSPS) is 33.2. The highest BCUT2D eigenvalue weighted by Gasteiger charge is 2.48. The van der Waals surface area contributed by atoms with Gasteiger partial charge in [0.05, 0.1) is 0 Å². The van der Waals surface area contributed by atoms with Gasteiger partial charge in [-0.3, -0.25) is 0 Å². The minimum atomic E-state index is -4.68. The lowest BCUT2D eigenvalue weighted by Crippen LogP contribution is -2.56. The van der Waals surface area contributed by atoms with E-state index in [1.54, 1.807) is 0 Å². The number of rotatable bonds is 3. The van der Waals surface area contributed by atoms with Crippen molar-refractivity contribution in [3.63, 3.8) is 0 Å². The second-order valence-corrected chi connectivity index (χ2v) is 8.04. The molecule has 1 aromatic rings. The summed E-state index contributed by atoms with van der Waals surface area (Å²) < 4.78 is 40.4. The van der Waals surface area contributed by atoms with Crippen LogP contribution in [0.15, 0.2) is 24.3 Å². The first-order chi connectivity index (χ1) is 11.9. The molecule has 0 spiro atoms. The number of benzene rings is 1. The summed E-state index contributed by atoms with van der Waals surface area (Å²) in [6.07, 6.45) is 1.95. The van der Waals surface area contributed by atoms with E-state index >= 15 is 0 Å². The highest BCUT2D eigenvalue weighted by molar-refractivity contribution is 7.80. The summed E-state index contributed by atoms with van der Waals surface area (Å²) in [4.78, 5) is 0. The first-order valence-electron chi connectivity index (χ1n) is 8.79. The molecule has 4 aliphatic carbocycles. The van der Waals surface area contributed by atoms with E-state index in [4.69, 9.17) is 12.2 Å². The number of anilines is 1. The van der Waals surface area contributed by atoms with Crippen LogP contribution in [0.4, 0.5) is 18.9 Å².